The van der Waals surface area contributed by atoms with Crippen molar-refractivity contribution in [1.82, 2.24) is 9.47 Å². The predicted molar refractivity (Wildman–Crippen MR) is 111 cm³/mol. The number of imide groups is 1. The van der Waals surface area contributed by atoms with Crippen LogP contribution in [0.25, 0.3) is 11.8 Å². The number of carboxylic acids is 1. The Morgan fingerprint density at radius 1 is 0.966 bits per heavy atom. The molecule has 4 rings (SSSR count). The van der Waals surface area contributed by atoms with Crippen LogP contribution in [0.3, 0.4) is 0 Å². The zero-order valence-electron chi connectivity index (χ0n) is 15.2. The summed E-state index contributed by atoms with van der Waals surface area (Å²) in [4.78, 5) is 37.7. The molecule has 1 N–H and O–H groups in total. The molecule has 7 heteroatoms. The van der Waals surface area contributed by atoms with Gasteiger partial charge in [-0.3, -0.25) is 14.5 Å². The van der Waals surface area contributed by atoms with Crippen molar-refractivity contribution >= 4 is 35.0 Å². The fourth-order valence-corrected chi connectivity index (χ4v) is 3.87. The standard InChI is InChI=1S/C22H16N2O4S/c25-20-19(29-22(28)24(20)14-15-5-2-1-3-6-15)13-18-7-4-12-23(18)17-10-8-16(9-11-17)21(26)27/h1-13H,14H2,(H,26,27)/b19-13-. The molecule has 1 aliphatic heterocycles. The number of carboxylic acid groups (broad SMARTS) is 1. The van der Waals surface area contributed by atoms with Crippen molar-refractivity contribution < 1.29 is 19.5 Å². The SMILES string of the molecule is O=C(O)c1ccc(-n2cccc2/C=C2\SC(=O)N(Cc3ccccc3)C2=O)cc1. The Bertz CT molecular complexity index is 1120. The molecule has 0 unspecified atom stereocenters. The van der Waals surface area contributed by atoms with E-state index in [-0.39, 0.29) is 23.3 Å². The predicted octanol–water partition coefficient (Wildman–Crippen LogP) is 4.41. The van der Waals surface area contributed by atoms with Gasteiger partial charge in [-0.25, -0.2) is 4.79 Å². The molecule has 0 saturated carbocycles. The van der Waals surface area contributed by atoms with Gasteiger partial charge in [0.15, 0.2) is 0 Å². The zero-order valence-corrected chi connectivity index (χ0v) is 16.0. The second kappa shape index (κ2) is 7.81. The molecule has 29 heavy (non-hydrogen) atoms. The fourth-order valence-electron chi connectivity index (χ4n) is 3.05. The Balaban J connectivity index is 1.59. The van der Waals surface area contributed by atoms with Crippen LogP contribution in [0.2, 0.25) is 0 Å². The first-order chi connectivity index (χ1) is 14.0. The molecular formula is C22H16N2O4S. The van der Waals surface area contributed by atoms with Crippen molar-refractivity contribution in [3.8, 4) is 5.69 Å². The number of hydrogen-bond donors (Lipinski definition) is 1. The van der Waals surface area contributed by atoms with Gasteiger partial charge in [0.25, 0.3) is 11.1 Å². The molecule has 144 valence electrons. The lowest BCUT2D eigenvalue weighted by Gasteiger charge is -2.12. The lowest BCUT2D eigenvalue weighted by atomic mass is 10.2. The van der Waals surface area contributed by atoms with Crippen molar-refractivity contribution in [1.29, 1.82) is 0 Å². The van der Waals surface area contributed by atoms with E-state index in [4.69, 9.17) is 5.11 Å². The van der Waals surface area contributed by atoms with Crippen LogP contribution in [0, 0.1) is 0 Å². The minimum Gasteiger partial charge on any atom is -0.478 e. The summed E-state index contributed by atoms with van der Waals surface area (Å²) in [6.07, 6.45) is 3.50. The first-order valence-electron chi connectivity index (χ1n) is 8.83. The Hall–Kier alpha value is -3.58. The molecule has 2 aromatic carbocycles. The lowest BCUT2D eigenvalue weighted by Crippen LogP contribution is -2.27. The number of nitrogens with zero attached hydrogens (tertiary/aromatic N) is 2. The van der Waals surface area contributed by atoms with Gasteiger partial charge < -0.3 is 9.67 Å². The highest BCUT2D eigenvalue weighted by Gasteiger charge is 2.35. The molecule has 0 atom stereocenters. The molecule has 0 bridgehead atoms. The molecule has 2 amide bonds. The smallest absolute Gasteiger partial charge is 0.335 e. The quantitative estimate of drug-likeness (QED) is 0.637. The molecule has 0 aliphatic carbocycles. The Morgan fingerprint density at radius 2 is 1.69 bits per heavy atom. The first-order valence-corrected chi connectivity index (χ1v) is 9.65. The molecule has 1 fully saturated rings. The van der Waals surface area contributed by atoms with Crippen molar-refractivity contribution in [2.75, 3.05) is 0 Å². The molecular weight excluding hydrogens is 388 g/mol. The van der Waals surface area contributed by atoms with Crippen molar-refractivity contribution in [3.63, 3.8) is 0 Å². The second-order valence-electron chi connectivity index (χ2n) is 6.41. The monoisotopic (exact) mass is 404 g/mol. The van der Waals surface area contributed by atoms with E-state index < -0.39 is 5.97 Å². The number of hydrogen-bond acceptors (Lipinski definition) is 4. The van der Waals surface area contributed by atoms with Crippen molar-refractivity contribution in [2.24, 2.45) is 0 Å². The van der Waals surface area contributed by atoms with Crippen LogP contribution in [-0.2, 0) is 11.3 Å². The van der Waals surface area contributed by atoms with Crippen molar-refractivity contribution in [3.05, 3.63) is 94.7 Å². The van der Waals surface area contributed by atoms with E-state index in [1.807, 2.05) is 53.2 Å². The van der Waals surface area contributed by atoms with Gasteiger partial charge in [0.2, 0.25) is 0 Å². The highest BCUT2D eigenvalue weighted by Crippen LogP contribution is 2.33. The van der Waals surface area contributed by atoms with E-state index in [1.54, 1.807) is 18.2 Å². The average Bonchev–Trinajstić information content (AvgIpc) is 3.29. The maximum absolute atomic E-state index is 12.8. The van der Waals surface area contributed by atoms with Gasteiger partial charge in [0.05, 0.1) is 17.0 Å². The molecule has 1 aliphatic rings. The van der Waals surface area contributed by atoms with Gasteiger partial charge in [0.1, 0.15) is 0 Å². The van der Waals surface area contributed by atoms with E-state index in [0.717, 1.165) is 28.7 Å². The van der Waals surface area contributed by atoms with Crippen LogP contribution in [-0.4, -0.2) is 31.7 Å². The highest BCUT2D eigenvalue weighted by atomic mass is 32.2. The normalized spacial score (nSPS) is 15.3. The zero-order chi connectivity index (χ0) is 20.4. The fraction of sp³-hybridized carbons (Fsp3) is 0.0455. The first kappa shape index (κ1) is 18.8. The number of amides is 2. The number of carbonyl (C=O) groups is 3. The molecule has 1 aromatic heterocycles. The summed E-state index contributed by atoms with van der Waals surface area (Å²) in [6, 6.07) is 19.5. The van der Waals surface area contributed by atoms with E-state index in [0.29, 0.717) is 4.91 Å². The number of benzene rings is 2. The molecule has 1 saturated heterocycles. The van der Waals surface area contributed by atoms with Gasteiger partial charge in [-0.1, -0.05) is 30.3 Å². The molecule has 2 heterocycles. The third kappa shape index (κ3) is 3.86. The van der Waals surface area contributed by atoms with E-state index in [9.17, 15) is 14.4 Å². The minimum absolute atomic E-state index is 0.199. The summed E-state index contributed by atoms with van der Waals surface area (Å²) in [5.41, 5.74) is 2.57. The number of rotatable bonds is 5. The van der Waals surface area contributed by atoms with Crippen LogP contribution >= 0.6 is 11.8 Å². The van der Waals surface area contributed by atoms with Crippen LogP contribution in [0.1, 0.15) is 21.6 Å². The van der Waals surface area contributed by atoms with Crippen LogP contribution in [0.15, 0.2) is 77.8 Å². The average molecular weight is 404 g/mol. The maximum Gasteiger partial charge on any atom is 0.335 e. The van der Waals surface area contributed by atoms with Gasteiger partial charge in [0, 0.05) is 17.6 Å². The third-order valence-corrected chi connectivity index (χ3v) is 5.42. The summed E-state index contributed by atoms with van der Waals surface area (Å²) in [5.74, 6) is -1.31. The van der Waals surface area contributed by atoms with Crippen LogP contribution < -0.4 is 0 Å². The van der Waals surface area contributed by atoms with E-state index in [2.05, 4.69) is 0 Å². The highest BCUT2D eigenvalue weighted by molar-refractivity contribution is 8.18. The molecule has 6 nitrogen and oxygen atoms in total. The molecule has 0 spiro atoms. The largest absolute Gasteiger partial charge is 0.478 e. The number of aromatic carboxylic acids is 1. The van der Waals surface area contributed by atoms with Gasteiger partial charge in [-0.05, 0) is 59.8 Å². The van der Waals surface area contributed by atoms with Gasteiger partial charge >= 0.3 is 5.97 Å². The third-order valence-electron chi connectivity index (χ3n) is 4.51. The van der Waals surface area contributed by atoms with E-state index >= 15 is 0 Å². The molecule has 3 aromatic rings. The second-order valence-corrected chi connectivity index (χ2v) is 7.40. The Kier molecular flexibility index (Phi) is 5.05. The minimum atomic E-state index is -0.989. The Morgan fingerprint density at radius 3 is 2.38 bits per heavy atom. The Labute approximate surface area is 171 Å². The van der Waals surface area contributed by atoms with Crippen molar-refractivity contribution in [2.45, 2.75) is 6.54 Å². The maximum atomic E-state index is 12.8. The number of carbonyl (C=O) groups excluding carboxylic acids is 2. The van der Waals surface area contributed by atoms with E-state index in [1.165, 1.54) is 17.0 Å². The van der Waals surface area contributed by atoms with Gasteiger partial charge in [-0.15, -0.1) is 0 Å². The van der Waals surface area contributed by atoms with Gasteiger partial charge in [-0.2, -0.15) is 0 Å². The summed E-state index contributed by atoms with van der Waals surface area (Å²) in [5, 5.41) is 8.74. The summed E-state index contributed by atoms with van der Waals surface area (Å²) in [7, 11) is 0. The summed E-state index contributed by atoms with van der Waals surface area (Å²) in [6.45, 7) is 0.237. The topological polar surface area (TPSA) is 79.6 Å². The van der Waals surface area contributed by atoms with Crippen LogP contribution in [0.5, 0.6) is 0 Å². The summed E-state index contributed by atoms with van der Waals surface area (Å²) >= 11 is 0.917. The summed E-state index contributed by atoms with van der Waals surface area (Å²) < 4.78 is 1.83. The molecule has 0 radical (unpaired) electrons. The number of aromatic nitrogens is 1. The van der Waals surface area contributed by atoms with Crippen LogP contribution in [0.4, 0.5) is 4.79 Å². The lowest BCUT2D eigenvalue weighted by molar-refractivity contribution is -0.123. The number of thioether (sulfide) groups is 1.